The van der Waals surface area contributed by atoms with Gasteiger partial charge in [-0.25, -0.2) is 0 Å². The smallest absolute Gasteiger partial charge is 0.155 e. The van der Waals surface area contributed by atoms with E-state index < -0.39 is 0 Å². The van der Waals surface area contributed by atoms with Crippen LogP contribution in [0.15, 0.2) is 24.3 Å². The first-order chi connectivity index (χ1) is 9.59. The molecule has 0 radical (unpaired) electrons. The van der Waals surface area contributed by atoms with E-state index in [9.17, 15) is 5.11 Å². The zero-order valence-electron chi connectivity index (χ0n) is 11.7. The fourth-order valence-corrected chi connectivity index (χ4v) is 2.21. The molecule has 0 saturated heterocycles. The molecule has 0 amide bonds. The lowest BCUT2D eigenvalue weighted by Gasteiger charge is -2.06. The Balaban J connectivity index is 0.000000400. The van der Waals surface area contributed by atoms with Gasteiger partial charge in [-0.2, -0.15) is 0 Å². The van der Waals surface area contributed by atoms with E-state index in [2.05, 4.69) is 18.5 Å². The Morgan fingerprint density at radius 3 is 1.38 bits per heavy atom. The zero-order chi connectivity index (χ0) is 16.7. The second-order valence-corrected chi connectivity index (χ2v) is 6.33. The largest absolute Gasteiger partial charge is 0.505 e. The first-order valence-corrected chi connectivity index (χ1v) is 7.68. The van der Waals surface area contributed by atoms with Gasteiger partial charge in [0.05, 0.1) is 15.1 Å². The number of phenols is 1. The fraction of sp³-hybridized carbons (Fsp3) is 0.286. The van der Waals surface area contributed by atoms with Crippen molar-refractivity contribution in [2.24, 2.45) is 0 Å². The Labute approximate surface area is 150 Å². The van der Waals surface area contributed by atoms with Crippen LogP contribution in [0.1, 0.15) is 13.8 Å². The summed E-state index contributed by atoms with van der Waals surface area (Å²) in [4.78, 5) is 0. The summed E-state index contributed by atoms with van der Waals surface area (Å²) < 4.78 is 0. The highest BCUT2D eigenvalue weighted by Gasteiger charge is 2.18. The quantitative estimate of drug-likeness (QED) is 0.354. The summed E-state index contributed by atoms with van der Waals surface area (Å²) in [5.41, 5.74) is 2.33. The molecule has 0 aromatic heterocycles. The maximum absolute atomic E-state index is 9.20. The standard InChI is InChI=1S/C8H15N.C6HCl5O/c1-7(2)5-9-6-8(3)4;7-1-2(8)4(10)6(12)5(11)3(1)9/h9H,1,3,5-6H2,2,4H3;12H. The highest BCUT2D eigenvalue weighted by molar-refractivity contribution is 6.55. The second-order valence-electron chi connectivity index (χ2n) is 4.44. The number of hydrogen-bond acceptors (Lipinski definition) is 2. The lowest BCUT2D eigenvalue weighted by Crippen LogP contribution is -2.17. The Kier molecular flexibility index (Phi) is 9.79. The van der Waals surface area contributed by atoms with Crippen molar-refractivity contribution in [2.75, 3.05) is 13.1 Å². The minimum absolute atomic E-state index is 0.00904. The van der Waals surface area contributed by atoms with Crippen LogP contribution in [0.3, 0.4) is 0 Å². The number of benzene rings is 1. The van der Waals surface area contributed by atoms with Gasteiger partial charge in [0.2, 0.25) is 0 Å². The van der Waals surface area contributed by atoms with Crippen LogP contribution in [-0.2, 0) is 0 Å². The average molecular weight is 392 g/mol. The van der Waals surface area contributed by atoms with Crippen molar-refractivity contribution in [1.29, 1.82) is 0 Å². The van der Waals surface area contributed by atoms with E-state index in [0.29, 0.717) is 0 Å². The van der Waals surface area contributed by atoms with E-state index in [4.69, 9.17) is 58.0 Å². The van der Waals surface area contributed by atoms with Crippen molar-refractivity contribution < 1.29 is 5.11 Å². The van der Waals surface area contributed by atoms with Gasteiger partial charge < -0.3 is 10.4 Å². The average Bonchev–Trinajstić information content (AvgIpc) is 2.41. The van der Waals surface area contributed by atoms with Crippen molar-refractivity contribution in [3.63, 3.8) is 0 Å². The molecule has 0 saturated carbocycles. The molecular formula is C14H16Cl5NO. The number of halogens is 5. The van der Waals surface area contributed by atoms with Crippen molar-refractivity contribution in [3.05, 3.63) is 49.4 Å². The van der Waals surface area contributed by atoms with Gasteiger partial charge in [0.25, 0.3) is 0 Å². The zero-order valence-corrected chi connectivity index (χ0v) is 15.4. The molecule has 0 heterocycles. The molecule has 0 aliphatic carbocycles. The van der Waals surface area contributed by atoms with Crippen molar-refractivity contribution in [1.82, 2.24) is 5.32 Å². The lowest BCUT2D eigenvalue weighted by molar-refractivity contribution is 0.476. The molecule has 0 fully saturated rings. The molecule has 0 bridgehead atoms. The third-order valence-electron chi connectivity index (χ3n) is 2.04. The molecule has 1 rings (SSSR count). The molecule has 21 heavy (non-hydrogen) atoms. The molecule has 7 heteroatoms. The molecule has 0 spiro atoms. The van der Waals surface area contributed by atoms with Crippen LogP contribution in [0.25, 0.3) is 0 Å². The Hall–Kier alpha value is -0.0900. The van der Waals surface area contributed by atoms with Crippen LogP contribution < -0.4 is 5.32 Å². The summed E-state index contributed by atoms with van der Waals surface area (Å²) in [6.45, 7) is 13.3. The topological polar surface area (TPSA) is 32.3 Å². The summed E-state index contributed by atoms with van der Waals surface area (Å²) in [6.07, 6.45) is 0. The third-order valence-corrected chi connectivity index (χ3v) is 4.30. The maximum atomic E-state index is 9.20. The van der Waals surface area contributed by atoms with Gasteiger partial charge in [0.15, 0.2) is 5.75 Å². The number of nitrogens with one attached hydrogen (secondary N) is 1. The van der Waals surface area contributed by atoms with Crippen LogP contribution in [-0.4, -0.2) is 18.2 Å². The molecule has 2 N–H and O–H groups in total. The number of aromatic hydroxyl groups is 1. The second kappa shape index (κ2) is 9.83. The van der Waals surface area contributed by atoms with E-state index in [0.717, 1.165) is 24.2 Å². The molecular weight excluding hydrogens is 375 g/mol. The SMILES string of the molecule is C=C(C)CNCC(=C)C.Oc1c(Cl)c(Cl)c(Cl)c(Cl)c1Cl. The first kappa shape index (κ1) is 20.9. The van der Waals surface area contributed by atoms with Crippen LogP contribution in [0.5, 0.6) is 5.75 Å². The predicted octanol–water partition coefficient (Wildman–Crippen LogP) is 6.39. The summed E-state index contributed by atoms with van der Waals surface area (Å²) >= 11 is 27.9. The van der Waals surface area contributed by atoms with Gasteiger partial charge in [-0.15, -0.1) is 0 Å². The maximum Gasteiger partial charge on any atom is 0.155 e. The Bertz CT molecular complexity index is 424. The highest BCUT2D eigenvalue weighted by Crippen LogP contribution is 2.47. The molecule has 0 unspecified atom stereocenters. The summed E-state index contributed by atoms with van der Waals surface area (Å²) in [7, 11) is 0. The van der Waals surface area contributed by atoms with Gasteiger partial charge in [-0.3, -0.25) is 0 Å². The molecule has 118 valence electrons. The molecule has 0 aliphatic rings. The molecule has 1 aromatic rings. The molecule has 0 atom stereocenters. The minimum atomic E-state index is -0.363. The minimum Gasteiger partial charge on any atom is -0.505 e. The van der Waals surface area contributed by atoms with E-state index in [-0.39, 0.29) is 30.9 Å². The van der Waals surface area contributed by atoms with E-state index >= 15 is 0 Å². The van der Waals surface area contributed by atoms with Gasteiger partial charge in [-0.1, -0.05) is 82.3 Å². The summed E-state index contributed by atoms with van der Waals surface area (Å²) in [5.74, 6) is -0.363. The number of rotatable bonds is 4. The van der Waals surface area contributed by atoms with Gasteiger partial charge in [-0.05, 0) is 13.8 Å². The molecule has 0 aliphatic heterocycles. The van der Waals surface area contributed by atoms with E-state index in [1.807, 2.05) is 13.8 Å². The monoisotopic (exact) mass is 389 g/mol. The van der Waals surface area contributed by atoms with Gasteiger partial charge >= 0.3 is 0 Å². The third kappa shape index (κ3) is 7.14. The highest BCUT2D eigenvalue weighted by atomic mass is 35.5. The van der Waals surface area contributed by atoms with E-state index in [1.165, 1.54) is 0 Å². The van der Waals surface area contributed by atoms with Crippen LogP contribution in [0.2, 0.25) is 25.1 Å². The van der Waals surface area contributed by atoms with Crippen molar-refractivity contribution in [2.45, 2.75) is 13.8 Å². The molecule has 2 nitrogen and oxygen atoms in total. The van der Waals surface area contributed by atoms with Crippen LogP contribution in [0, 0.1) is 0 Å². The predicted molar refractivity (Wildman–Crippen MR) is 95.7 cm³/mol. The van der Waals surface area contributed by atoms with Gasteiger partial charge in [0.1, 0.15) is 10.0 Å². The van der Waals surface area contributed by atoms with Crippen molar-refractivity contribution >= 4 is 58.0 Å². The normalized spacial score (nSPS) is 9.86. The first-order valence-electron chi connectivity index (χ1n) is 5.79. The van der Waals surface area contributed by atoms with E-state index in [1.54, 1.807) is 0 Å². The van der Waals surface area contributed by atoms with Crippen molar-refractivity contribution in [3.8, 4) is 5.75 Å². The number of hydrogen-bond donors (Lipinski definition) is 2. The fourth-order valence-electron chi connectivity index (χ4n) is 1.08. The Morgan fingerprint density at radius 1 is 0.810 bits per heavy atom. The Morgan fingerprint density at radius 2 is 1.10 bits per heavy atom. The summed E-state index contributed by atoms with van der Waals surface area (Å²) in [5, 5.41) is 12.2. The number of phenolic OH excluding ortho intramolecular Hbond substituents is 1. The molecule has 1 aromatic carbocycles. The lowest BCUT2D eigenvalue weighted by atomic mass is 10.3. The van der Waals surface area contributed by atoms with Gasteiger partial charge in [0, 0.05) is 13.1 Å². The summed E-state index contributed by atoms with van der Waals surface area (Å²) in [6, 6.07) is 0. The van der Waals surface area contributed by atoms with Crippen LogP contribution >= 0.6 is 58.0 Å². The van der Waals surface area contributed by atoms with Crippen LogP contribution in [0.4, 0.5) is 0 Å².